The molecule has 8 nitrogen and oxygen atoms in total. The van der Waals surface area contributed by atoms with Crippen molar-refractivity contribution in [1.29, 1.82) is 0 Å². The predicted octanol–water partition coefficient (Wildman–Crippen LogP) is 3.16. The van der Waals surface area contributed by atoms with E-state index >= 15 is 0 Å². The van der Waals surface area contributed by atoms with Crippen molar-refractivity contribution in [3.8, 4) is 17.3 Å². The van der Waals surface area contributed by atoms with Crippen LogP contribution in [0.3, 0.4) is 0 Å². The fraction of sp³-hybridized carbons (Fsp3) is 0.542. The maximum Gasteiger partial charge on any atom is 0.214 e. The molecule has 5 rings (SSSR count). The normalized spacial score (nSPS) is 25.9. The van der Waals surface area contributed by atoms with E-state index in [4.69, 9.17) is 19.4 Å². The molecule has 0 spiro atoms. The third-order valence-electron chi connectivity index (χ3n) is 6.91. The zero-order valence-corrected chi connectivity index (χ0v) is 20.2. The van der Waals surface area contributed by atoms with Gasteiger partial charge in [-0.25, -0.2) is 23.4 Å². The van der Waals surface area contributed by atoms with Crippen LogP contribution < -0.4 is 9.64 Å². The molecule has 0 unspecified atom stereocenters. The minimum absolute atomic E-state index is 0.129. The highest BCUT2D eigenvalue weighted by Crippen LogP contribution is 2.42. The minimum Gasteiger partial charge on any atom is -0.478 e. The Bertz CT molecular complexity index is 1210. The number of ether oxygens (including phenoxy) is 2. The SMILES string of the molecule is CCOc1cc(-c2nc(N3CCOC[C@H]3C)cc([C@@]3(C)CCCS3(=O)=O)n2)c2c(n1)CC=C2. The first-order valence-electron chi connectivity index (χ1n) is 11.6. The Balaban J connectivity index is 1.72. The average Bonchev–Trinajstić information content (AvgIpc) is 3.37. The number of nitrogens with zero attached hydrogens (tertiary/aromatic N) is 4. The van der Waals surface area contributed by atoms with Crippen molar-refractivity contribution in [2.75, 3.05) is 37.0 Å². The smallest absolute Gasteiger partial charge is 0.214 e. The molecular formula is C24H30N4O4S. The third-order valence-corrected chi connectivity index (χ3v) is 9.52. The monoisotopic (exact) mass is 470 g/mol. The van der Waals surface area contributed by atoms with Gasteiger partial charge >= 0.3 is 0 Å². The van der Waals surface area contributed by atoms with Gasteiger partial charge in [-0.15, -0.1) is 0 Å². The molecule has 0 saturated carbocycles. The number of sulfone groups is 1. The number of fused-ring (bicyclic) bond motifs is 1. The molecule has 2 atom stereocenters. The summed E-state index contributed by atoms with van der Waals surface area (Å²) in [6.07, 6.45) is 6.02. The second-order valence-electron chi connectivity index (χ2n) is 9.11. The van der Waals surface area contributed by atoms with Gasteiger partial charge in [0.05, 0.1) is 43.0 Å². The van der Waals surface area contributed by atoms with Gasteiger partial charge in [-0.2, -0.15) is 0 Å². The van der Waals surface area contributed by atoms with Crippen molar-refractivity contribution in [3.05, 3.63) is 35.2 Å². The van der Waals surface area contributed by atoms with Crippen LogP contribution in [0.25, 0.3) is 17.5 Å². The standard InChI is InChI=1S/C24H30N4O4S/c1-4-32-22-13-18(17-7-5-8-19(17)25-22)23-26-20(24(3)9-6-12-33(24,29)30)14-21(27-23)28-10-11-31-15-16(28)2/h5,7,13-14,16H,4,6,8-12,15H2,1-3H3/t16-,24-/m1/s1. The second-order valence-corrected chi connectivity index (χ2v) is 11.7. The molecule has 2 saturated heterocycles. The molecule has 4 heterocycles. The van der Waals surface area contributed by atoms with Gasteiger partial charge in [0.25, 0.3) is 0 Å². The van der Waals surface area contributed by atoms with Crippen LogP contribution >= 0.6 is 0 Å². The Morgan fingerprint density at radius 2 is 2.12 bits per heavy atom. The summed E-state index contributed by atoms with van der Waals surface area (Å²) in [7, 11) is -3.31. The maximum atomic E-state index is 13.1. The van der Waals surface area contributed by atoms with E-state index in [0.29, 0.717) is 56.6 Å². The quantitative estimate of drug-likeness (QED) is 0.658. The van der Waals surface area contributed by atoms with E-state index in [1.165, 1.54) is 0 Å². The first-order valence-corrected chi connectivity index (χ1v) is 13.3. The van der Waals surface area contributed by atoms with E-state index in [1.54, 1.807) is 6.92 Å². The Morgan fingerprint density at radius 3 is 2.85 bits per heavy atom. The Kier molecular flexibility index (Phi) is 5.64. The largest absolute Gasteiger partial charge is 0.478 e. The van der Waals surface area contributed by atoms with Crippen molar-refractivity contribution in [3.63, 3.8) is 0 Å². The molecule has 3 aliphatic rings. The van der Waals surface area contributed by atoms with Crippen LogP contribution in [0.15, 0.2) is 18.2 Å². The number of hydrogen-bond acceptors (Lipinski definition) is 8. The molecule has 2 aromatic heterocycles. The summed E-state index contributed by atoms with van der Waals surface area (Å²) in [5.41, 5.74) is 3.27. The molecule has 2 aromatic rings. The summed E-state index contributed by atoms with van der Waals surface area (Å²) in [6.45, 7) is 8.23. The Hall–Kier alpha value is -2.52. The Morgan fingerprint density at radius 1 is 1.27 bits per heavy atom. The zero-order chi connectivity index (χ0) is 23.2. The fourth-order valence-corrected chi connectivity index (χ4v) is 6.78. The number of aromatic nitrogens is 3. The molecule has 0 bridgehead atoms. The topological polar surface area (TPSA) is 94.5 Å². The molecule has 2 fully saturated rings. The van der Waals surface area contributed by atoms with Gasteiger partial charge in [-0.05, 0) is 33.6 Å². The first-order chi connectivity index (χ1) is 15.8. The molecule has 0 amide bonds. The van der Waals surface area contributed by atoms with Crippen LogP contribution in [0.5, 0.6) is 5.88 Å². The third kappa shape index (κ3) is 3.81. The van der Waals surface area contributed by atoms with E-state index in [2.05, 4.69) is 22.9 Å². The highest BCUT2D eigenvalue weighted by Gasteiger charge is 2.47. The Labute approximate surface area is 195 Å². The van der Waals surface area contributed by atoms with Crippen LogP contribution in [0.1, 0.15) is 50.6 Å². The van der Waals surface area contributed by atoms with Gasteiger partial charge in [0.15, 0.2) is 15.7 Å². The van der Waals surface area contributed by atoms with Crippen LogP contribution in [-0.4, -0.2) is 61.5 Å². The second kappa shape index (κ2) is 8.36. The first kappa shape index (κ1) is 22.3. The van der Waals surface area contributed by atoms with Crippen LogP contribution in [-0.2, 0) is 25.7 Å². The number of hydrogen-bond donors (Lipinski definition) is 0. The number of morpholine rings is 1. The molecular weight excluding hydrogens is 440 g/mol. The van der Waals surface area contributed by atoms with Crippen molar-refractivity contribution in [2.45, 2.75) is 50.8 Å². The predicted molar refractivity (Wildman–Crippen MR) is 127 cm³/mol. The lowest BCUT2D eigenvalue weighted by Crippen LogP contribution is -2.44. The average molecular weight is 471 g/mol. The number of anilines is 1. The van der Waals surface area contributed by atoms with Crippen molar-refractivity contribution >= 4 is 21.7 Å². The van der Waals surface area contributed by atoms with Gasteiger partial charge in [-0.3, -0.25) is 0 Å². The zero-order valence-electron chi connectivity index (χ0n) is 19.4. The summed E-state index contributed by atoms with van der Waals surface area (Å²) in [5, 5.41) is 0. The molecule has 2 aliphatic heterocycles. The number of allylic oxidation sites excluding steroid dienone is 1. The lowest BCUT2D eigenvalue weighted by atomic mass is 10.00. The highest BCUT2D eigenvalue weighted by atomic mass is 32.2. The number of rotatable bonds is 5. The number of pyridine rings is 1. The van der Waals surface area contributed by atoms with E-state index in [0.717, 1.165) is 29.1 Å². The van der Waals surface area contributed by atoms with Crippen LogP contribution in [0, 0.1) is 0 Å². The summed E-state index contributed by atoms with van der Waals surface area (Å²) in [6, 6.07) is 3.87. The van der Waals surface area contributed by atoms with E-state index in [1.807, 2.05) is 25.1 Å². The lowest BCUT2D eigenvalue weighted by molar-refractivity contribution is 0.0985. The molecule has 9 heteroatoms. The van der Waals surface area contributed by atoms with Gasteiger partial charge in [0.1, 0.15) is 10.6 Å². The summed E-state index contributed by atoms with van der Waals surface area (Å²) in [5.74, 6) is 1.97. The van der Waals surface area contributed by atoms with Crippen molar-refractivity contribution < 1.29 is 17.9 Å². The molecule has 0 radical (unpaired) electrons. The molecule has 33 heavy (non-hydrogen) atoms. The van der Waals surface area contributed by atoms with Gasteiger partial charge in [-0.1, -0.05) is 12.2 Å². The van der Waals surface area contributed by atoms with Crippen molar-refractivity contribution in [2.24, 2.45) is 0 Å². The summed E-state index contributed by atoms with van der Waals surface area (Å²) < 4.78 is 36.5. The molecule has 1 aliphatic carbocycles. The highest BCUT2D eigenvalue weighted by molar-refractivity contribution is 7.92. The van der Waals surface area contributed by atoms with Gasteiger partial charge in [0, 0.05) is 36.2 Å². The lowest BCUT2D eigenvalue weighted by Gasteiger charge is -2.35. The van der Waals surface area contributed by atoms with Gasteiger partial charge < -0.3 is 14.4 Å². The summed E-state index contributed by atoms with van der Waals surface area (Å²) >= 11 is 0. The van der Waals surface area contributed by atoms with Crippen molar-refractivity contribution in [1.82, 2.24) is 15.0 Å². The van der Waals surface area contributed by atoms with Crippen LogP contribution in [0.4, 0.5) is 5.82 Å². The molecule has 176 valence electrons. The molecule has 0 N–H and O–H groups in total. The minimum atomic E-state index is -3.31. The van der Waals surface area contributed by atoms with E-state index in [9.17, 15) is 8.42 Å². The van der Waals surface area contributed by atoms with E-state index < -0.39 is 14.6 Å². The fourth-order valence-electron chi connectivity index (χ4n) is 4.93. The van der Waals surface area contributed by atoms with E-state index in [-0.39, 0.29) is 11.8 Å². The summed E-state index contributed by atoms with van der Waals surface area (Å²) in [4.78, 5) is 16.7. The molecule has 0 aromatic carbocycles. The van der Waals surface area contributed by atoms with Gasteiger partial charge in [0.2, 0.25) is 5.88 Å². The maximum absolute atomic E-state index is 13.1. The van der Waals surface area contributed by atoms with Crippen LogP contribution in [0.2, 0.25) is 0 Å².